The lowest BCUT2D eigenvalue weighted by atomic mass is 9.90. The third-order valence-electron chi connectivity index (χ3n) is 5.73. The Hall–Kier alpha value is -1.78. The van der Waals surface area contributed by atoms with Crippen molar-refractivity contribution >= 4 is 11.8 Å². The van der Waals surface area contributed by atoms with E-state index >= 15 is 0 Å². The lowest BCUT2D eigenvalue weighted by Crippen LogP contribution is -2.55. The third kappa shape index (κ3) is 2.74. The number of halogens is 3. The summed E-state index contributed by atoms with van der Waals surface area (Å²) in [6.45, 7) is -1.26. The van der Waals surface area contributed by atoms with Gasteiger partial charge < -0.3 is 10.2 Å². The van der Waals surface area contributed by atoms with Crippen LogP contribution in [-0.4, -0.2) is 42.0 Å². The average Bonchev–Trinajstić information content (AvgIpc) is 2.88. The molecule has 2 atom stereocenters. The van der Waals surface area contributed by atoms with E-state index in [0.29, 0.717) is 19.3 Å². The highest BCUT2D eigenvalue weighted by Gasteiger charge is 2.73. The summed E-state index contributed by atoms with van der Waals surface area (Å²) in [5.74, 6) is -1.19. The smallest absolute Gasteiger partial charge is 0.343 e. The third-order valence-corrected chi connectivity index (χ3v) is 5.73. The van der Waals surface area contributed by atoms with Gasteiger partial charge in [-0.2, -0.15) is 18.4 Å². The van der Waals surface area contributed by atoms with Crippen LogP contribution in [0.15, 0.2) is 0 Å². The number of carbonyl (C=O) groups excluding carboxylic acids is 2. The monoisotopic (exact) mass is 343 g/mol. The Kier molecular flexibility index (Phi) is 4.01. The first kappa shape index (κ1) is 17.1. The predicted octanol–water partition coefficient (Wildman–Crippen LogP) is 2.13. The first-order valence-corrected chi connectivity index (χ1v) is 8.31. The van der Waals surface area contributed by atoms with Crippen LogP contribution in [0.5, 0.6) is 0 Å². The van der Waals surface area contributed by atoms with E-state index in [4.69, 9.17) is 0 Å². The summed E-state index contributed by atoms with van der Waals surface area (Å²) in [6.07, 6.45) is 0.372. The summed E-state index contributed by atoms with van der Waals surface area (Å²) < 4.78 is 37.6. The van der Waals surface area contributed by atoms with Crippen LogP contribution in [0.3, 0.4) is 0 Å². The predicted molar refractivity (Wildman–Crippen MR) is 77.4 cm³/mol. The molecule has 0 aromatic heterocycles. The van der Waals surface area contributed by atoms with Crippen LogP contribution in [-0.2, 0) is 9.59 Å². The number of rotatable bonds is 3. The number of hydrogen-bond donors (Lipinski definition) is 1. The lowest BCUT2D eigenvalue weighted by Gasteiger charge is -2.33. The first-order chi connectivity index (χ1) is 11.2. The molecular formula is C16H20F3N3O2. The molecule has 0 aromatic rings. The molecule has 1 saturated heterocycles. The van der Waals surface area contributed by atoms with Gasteiger partial charge in [-0.3, -0.25) is 9.59 Å². The fourth-order valence-electron chi connectivity index (χ4n) is 4.38. The fraction of sp³-hybridized carbons (Fsp3) is 0.812. The number of alkyl halides is 3. The van der Waals surface area contributed by atoms with Crippen molar-refractivity contribution < 1.29 is 22.8 Å². The molecule has 1 aliphatic heterocycles. The van der Waals surface area contributed by atoms with E-state index in [9.17, 15) is 28.0 Å². The maximum Gasteiger partial charge on any atom is 0.406 e. The van der Waals surface area contributed by atoms with Gasteiger partial charge >= 0.3 is 6.18 Å². The normalized spacial score (nSPS) is 31.8. The molecule has 24 heavy (non-hydrogen) atoms. The van der Waals surface area contributed by atoms with Gasteiger partial charge in [-0.05, 0) is 32.1 Å². The molecule has 2 amide bonds. The average molecular weight is 343 g/mol. The van der Waals surface area contributed by atoms with Crippen molar-refractivity contribution in [2.45, 2.75) is 57.2 Å². The summed E-state index contributed by atoms with van der Waals surface area (Å²) >= 11 is 0. The van der Waals surface area contributed by atoms with Gasteiger partial charge in [0.15, 0.2) is 0 Å². The molecule has 8 heteroatoms. The summed E-state index contributed by atoms with van der Waals surface area (Å²) in [6, 6.07) is 1.16. The van der Waals surface area contributed by atoms with Gasteiger partial charge in [-0.1, -0.05) is 12.8 Å². The summed E-state index contributed by atoms with van der Waals surface area (Å²) in [4.78, 5) is 25.6. The Balaban J connectivity index is 1.66. The summed E-state index contributed by atoms with van der Waals surface area (Å²) in [7, 11) is 0. The van der Waals surface area contributed by atoms with Gasteiger partial charge in [0.05, 0.1) is 6.07 Å². The zero-order chi connectivity index (χ0) is 17.6. The number of carbonyl (C=O) groups is 2. The number of nitriles is 1. The van der Waals surface area contributed by atoms with Crippen molar-refractivity contribution in [2.75, 3.05) is 13.1 Å². The van der Waals surface area contributed by atoms with Gasteiger partial charge in [0.2, 0.25) is 11.8 Å². The molecule has 1 heterocycles. The van der Waals surface area contributed by atoms with E-state index in [1.165, 1.54) is 0 Å². The second-order valence-electron chi connectivity index (χ2n) is 7.22. The van der Waals surface area contributed by atoms with Crippen LogP contribution in [0.1, 0.15) is 44.9 Å². The largest absolute Gasteiger partial charge is 0.406 e. The number of nitrogens with zero attached hydrogens (tertiary/aromatic N) is 2. The Morgan fingerprint density at radius 3 is 2.58 bits per heavy atom. The van der Waals surface area contributed by atoms with Gasteiger partial charge in [0.25, 0.3) is 0 Å². The van der Waals surface area contributed by atoms with Gasteiger partial charge in [-0.15, -0.1) is 0 Å². The minimum Gasteiger partial charge on any atom is -0.343 e. The molecule has 3 aliphatic rings. The molecule has 1 N–H and O–H groups in total. The van der Waals surface area contributed by atoms with Crippen LogP contribution in [0.2, 0.25) is 0 Å². The number of hydrogen-bond acceptors (Lipinski definition) is 3. The molecule has 3 rings (SSSR count). The number of likely N-dealkylation sites (tertiary alicyclic amines) is 1. The van der Waals surface area contributed by atoms with Crippen LogP contribution in [0.25, 0.3) is 0 Å². The molecule has 0 radical (unpaired) electrons. The maximum absolute atomic E-state index is 12.6. The van der Waals surface area contributed by atoms with E-state index in [0.717, 1.165) is 30.6 Å². The molecule has 2 saturated carbocycles. The Morgan fingerprint density at radius 1 is 1.33 bits per heavy atom. The van der Waals surface area contributed by atoms with E-state index in [1.54, 1.807) is 0 Å². The maximum atomic E-state index is 12.6. The Bertz CT molecular complexity index is 592. The van der Waals surface area contributed by atoms with Gasteiger partial charge in [0.1, 0.15) is 18.0 Å². The van der Waals surface area contributed by atoms with E-state index in [1.807, 2.05) is 0 Å². The molecule has 0 unspecified atom stereocenters. The Labute approximate surface area is 138 Å². The van der Waals surface area contributed by atoms with Crippen LogP contribution in [0, 0.1) is 22.2 Å². The van der Waals surface area contributed by atoms with Crippen molar-refractivity contribution in [1.29, 1.82) is 5.26 Å². The number of amides is 2. The molecule has 0 aromatic carbocycles. The van der Waals surface area contributed by atoms with Crippen LogP contribution < -0.4 is 5.32 Å². The fourth-order valence-corrected chi connectivity index (χ4v) is 4.38. The highest BCUT2D eigenvalue weighted by atomic mass is 19.4. The minimum atomic E-state index is -4.46. The van der Waals surface area contributed by atoms with Crippen molar-refractivity contribution in [3.8, 4) is 6.07 Å². The number of nitrogens with one attached hydrogen (secondary N) is 1. The van der Waals surface area contributed by atoms with E-state index < -0.39 is 36.0 Å². The van der Waals surface area contributed by atoms with Crippen LogP contribution in [0.4, 0.5) is 13.2 Å². The molecule has 132 valence electrons. The van der Waals surface area contributed by atoms with Crippen molar-refractivity contribution in [3.63, 3.8) is 0 Å². The van der Waals surface area contributed by atoms with Gasteiger partial charge in [-0.25, -0.2) is 0 Å². The van der Waals surface area contributed by atoms with Crippen LogP contribution >= 0.6 is 0 Å². The zero-order valence-corrected chi connectivity index (χ0v) is 13.3. The van der Waals surface area contributed by atoms with E-state index in [2.05, 4.69) is 11.4 Å². The summed E-state index contributed by atoms with van der Waals surface area (Å²) in [5.41, 5.74) is -1.38. The minimum absolute atomic E-state index is 0.0397. The lowest BCUT2D eigenvalue weighted by molar-refractivity contribution is -0.165. The van der Waals surface area contributed by atoms with E-state index in [-0.39, 0.29) is 12.0 Å². The summed E-state index contributed by atoms with van der Waals surface area (Å²) in [5, 5.41) is 12.1. The first-order valence-electron chi connectivity index (χ1n) is 8.31. The Morgan fingerprint density at radius 2 is 2.00 bits per heavy atom. The van der Waals surface area contributed by atoms with Crippen molar-refractivity contribution in [3.05, 3.63) is 0 Å². The second-order valence-corrected chi connectivity index (χ2v) is 7.22. The highest BCUT2D eigenvalue weighted by Crippen LogP contribution is 2.71. The highest BCUT2D eigenvalue weighted by molar-refractivity contribution is 5.94. The van der Waals surface area contributed by atoms with Gasteiger partial charge in [0, 0.05) is 12.0 Å². The molecule has 0 bridgehead atoms. The topological polar surface area (TPSA) is 73.2 Å². The number of piperidine rings is 1. The second kappa shape index (κ2) is 5.64. The molecule has 5 nitrogen and oxygen atoms in total. The zero-order valence-electron chi connectivity index (χ0n) is 13.3. The standard InChI is InChI=1S/C16H20F3N3O2/c17-16(18,19)10-22-7-3-4-11(12(22)23)21-13(24)15(9-20)8-14(15)5-1-2-6-14/h11H,1-8,10H2,(H,21,24)/t11-,15+/m0/s1. The quantitative estimate of drug-likeness (QED) is 0.853. The molecular weight excluding hydrogens is 323 g/mol. The molecule has 3 fully saturated rings. The SMILES string of the molecule is N#C[C@@]1(C(=O)N[C@H]2CCCN(CC(F)(F)F)C2=O)CC12CCCC2. The van der Waals surface area contributed by atoms with Crippen molar-refractivity contribution in [1.82, 2.24) is 10.2 Å². The molecule has 1 spiro atoms. The molecule has 2 aliphatic carbocycles. The van der Waals surface area contributed by atoms with Crippen molar-refractivity contribution in [2.24, 2.45) is 10.8 Å².